The molecule has 2 heterocycles. The Labute approximate surface area is 178 Å². The van der Waals surface area contributed by atoms with E-state index in [0.717, 1.165) is 0 Å². The molecule has 160 valence electrons. The third-order valence-corrected chi connectivity index (χ3v) is 6.03. The standard InChI is InChI=1S/C23H22FN3O4/c1-14-13-26(10-11-27(14)22(29)23(30)8-9-23)21(28)16-4-2-15(3-5-16)20-25-18-7-6-17(24)12-19(18)31-20/h2-7,12,14,30H,8-11,13H2,1H3. The maximum atomic E-state index is 13.4. The number of benzene rings is 2. The van der Waals surface area contributed by atoms with Gasteiger partial charge < -0.3 is 19.3 Å². The van der Waals surface area contributed by atoms with E-state index in [1.54, 1.807) is 40.1 Å². The second kappa shape index (κ2) is 7.16. The van der Waals surface area contributed by atoms with Gasteiger partial charge in [-0.15, -0.1) is 0 Å². The van der Waals surface area contributed by atoms with E-state index in [-0.39, 0.29) is 17.9 Å². The van der Waals surface area contributed by atoms with Gasteiger partial charge in [0.15, 0.2) is 5.58 Å². The first-order valence-corrected chi connectivity index (χ1v) is 10.3. The Kier molecular flexibility index (Phi) is 4.55. The molecular weight excluding hydrogens is 401 g/mol. The fourth-order valence-corrected chi connectivity index (χ4v) is 4.00. The van der Waals surface area contributed by atoms with Gasteiger partial charge in [0.1, 0.15) is 16.9 Å². The minimum Gasteiger partial charge on any atom is -0.436 e. The highest BCUT2D eigenvalue weighted by Crippen LogP contribution is 2.37. The van der Waals surface area contributed by atoms with Crippen molar-refractivity contribution in [3.05, 3.63) is 53.8 Å². The van der Waals surface area contributed by atoms with Gasteiger partial charge in [0.2, 0.25) is 5.89 Å². The summed E-state index contributed by atoms with van der Waals surface area (Å²) in [5.74, 6) is -0.373. The van der Waals surface area contributed by atoms with E-state index in [4.69, 9.17) is 4.42 Å². The predicted molar refractivity (Wildman–Crippen MR) is 111 cm³/mol. The van der Waals surface area contributed by atoms with Crippen LogP contribution in [0.25, 0.3) is 22.6 Å². The van der Waals surface area contributed by atoms with E-state index in [2.05, 4.69) is 4.98 Å². The number of hydrogen-bond acceptors (Lipinski definition) is 5. The maximum absolute atomic E-state index is 13.4. The summed E-state index contributed by atoms with van der Waals surface area (Å²) in [6.45, 7) is 3.14. The molecule has 1 saturated heterocycles. The second-order valence-electron chi connectivity index (χ2n) is 8.34. The Balaban J connectivity index is 1.28. The van der Waals surface area contributed by atoms with Gasteiger partial charge >= 0.3 is 0 Å². The molecule has 2 aliphatic rings. The van der Waals surface area contributed by atoms with Crippen LogP contribution in [0, 0.1) is 5.82 Å². The minimum atomic E-state index is -1.19. The Bertz CT molecular complexity index is 1170. The summed E-state index contributed by atoms with van der Waals surface area (Å²) in [5, 5.41) is 10.1. The van der Waals surface area contributed by atoms with Gasteiger partial charge in [-0.2, -0.15) is 0 Å². The van der Waals surface area contributed by atoms with Crippen molar-refractivity contribution in [1.29, 1.82) is 0 Å². The molecule has 1 aliphatic heterocycles. The molecule has 1 atom stereocenters. The highest BCUT2D eigenvalue weighted by atomic mass is 19.1. The fraction of sp³-hybridized carbons (Fsp3) is 0.348. The summed E-state index contributed by atoms with van der Waals surface area (Å²) < 4.78 is 19.0. The number of piperazine rings is 1. The highest BCUT2D eigenvalue weighted by molar-refractivity contribution is 5.95. The third-order valence-electron chi connectivity index (χ3n) is 6.03. The number of amides is 2. The lowest BCUT2D eigenvalue weighted by Gasteiger charge is -2.40. The van der Waals surface area contributed by atoms with Crippen molar-refractivity contribution in [1.82, 2.24) is 14.8 Å². The predicted octanol–water partition coefficient (Wildman–Crippen LogP) is 2.83. The molecule has 0 spiro atoms. The first kappa shape index (κ1) is 19.7. The average molecular weight is 423 g/mol. The number of rotatable bonds is 3. The first-order valence-electron chi connectivity index (χ1n) is 10.3. The van der Waals surface area contributed by atoms with Crippen molar-refractivity contribution in [2.24, 2.45) is 0 Å². The van der Waals surface area contributed by atoms with Gasteiger partial charge in [0.25, 0.3) is 11.8 Å². The lowest BCUT2D eigenvalue weighted by Crippen LogP contribution is -2.57. The number of carbonyl (C=O) groups excluding carboxylic acids is 2. The second-order valence-corrected chi connectivity index (χ2v) is 8.34. The summed E-state index contributed by atoms with van der Waals surface area (Å²) in [4.78, 5) is 33.1. The van der Waals surface area contributed by atoms with Crippen LogP contribution < -0.4 is 0 Å². The van der Waals surface area contributed by atoms with Crippen LogP contribution in [0.1, 0.15) is 30.1 Å². The number of fused-ring (bicyclic) bond motifs is 1. The Hall–Kier alpha value is -3.26. The monoisotopic (exact) mass is 423 g/mol. The molecule has 7 nitrogen and oxygen atoms in total. The summed E-state index contributed by atoms with van der Waals surface area (Å²) in [6.07, 6.45) is 1.03. The number of carbonyl (C=O) groups is 2. The molecule has 2 amide bonds. The molecular formula is C23H22FN3O4. The van der Waals surface area contributed by atoms with Crippen molar-refractivity contribution >= 4 is 22.9 Å². The van der Waals surface area contributed by atoms with Crippen LogP contribution in [-0.2, 0) is 4.79 Å². The summed E-state index contributed by atoms with van der Waals surface area (Å²) in [7, 11) is 0. The molecule has 1 aliphatic carbocycles. The molecule has 31 heavy (non-hydrogen) atoms. The zero-order chi connectivity index (χ0) is 21.8. The molecule has 0 bridgehead atoms. The van der Waals surface area contributed by atoms with E-state index < -0.39 is 11.4 Å². The summed E-state index contributed by atoms with van der Waals surface area (Å²) >= 11 is 0. The van der Waals surface area contributed by atoms with Crippen LogP contribution in [0.4, 0.5) is 4.39 Å². The van der Waals surface area contributed by atoms with Crippen LogP contribution in [0.15, 0.2) is 46.9 Å². The molecule has 2 fully saturated rings. The van der Waals surface area contributed by atoms with E-state index in [1.807, 2.05) is 6.92 Å². The number of nitrogens with zero attached hydrogens (tertiary/aromatic N) is 3. The maximum Gasteiger partial charge on any atom is 0.254 e. The Morgan fingerprint density at radius 2 is 1.90 bits per heavy atom. The topological polar surface area (TPSA) is 86.9 Å². The van der Waals surface area contributed by atoms with E-state index in [1.165, 1.54) is 12.1 Å². The molecule has 1 aromatic heterocycles. The van der Waals surface area contributed by atoms with Crippen LogP contribution >= 0.6 is 0 Å². The summed E-state index contributed by atoms with van der Waals surface area (Å²) in [6, 6.07) is 10.9. The van der Waals surface area contributed by atoms with Crippen molar-refractivity contribution in [2.45, 2.75) is 31.4 Å². The van der Waals surface area contributed by atoms with Gasteiger partial charge in [-0.05, 0) is 56.2 Å². The molecule has 1 unspecified atom stereocenters. The Morgan fingerprint density at radius 3 is 2.58 bits per heavy atom. The molecule has 3 aromatic rings. The fourth-order valence-electron chi connectivity index (χ4n) is 4.00. The largest absolute Gasteiger partial charge is 0.436 e. The van der Waals surface area contributed by atoms with Crippen LogP contribution in [0.2, 0.25) is 0 Å². The normalized spacial score (nSPS) is 20.2. The third kappa shape index (κ3) is 3.57. The first-order chi connectivity index (χ1) is 14.8. The van der Waals surface area contributed by atoms with E-state index in [0.29, 0.717) is 60.6 Å². The van der Waals surface area contributed by atoms with Crippen LogP contribution in [0.3, 0.4) is 0 Å². The van der Waals surface area contributed by atoms with Crippen LogP contribution in [-0.4, -0.2) is 63.0 Å². The molecule has 1 saturated carbocycles. The lowest BCUT2D eigenvalue weighted by atomic mass is 10.1. The molecule has 8 heteroatoms. The zero-order valence-electron chi connectivity index (χ0n) is 17.0. The van der Waals surface area contributed by atoms with Crippen molar-refractivity contribution in [2.75, 3.05) is 19.6 Å². The van der Waals surface area contributed by atoms with Crippen molar-refractivity contribution in [3.63, 3.8) is 0 Å². The van der Waals surface area contributed by atoms with Gasteiger partial charge in [0, 0.05) is 42.9 Å². The van der Waals surface area contributed by atoms with Crippen LogP contribution in [0.5, 0.6) is 0 Å². The van der Waals surface area contributed by atoms with Gasteiger partial charge in [-0.3, -0.25) is 9.59 Å². The minimum absolute atomic E-state index is 0.115. The number of hydrogen-bond donors (Lipinski definition) is 1. The van der Waals surface area contributed by atoms with E-state index in [9.17, 15) is 19.1 Å². The molecule has 2 aromatic carbocycles. The van der Waals surface area contributed by atoms with Crippen molar-refractivity contribution in [3.8, 4) is 11.5 Å². The highest BCUT2D eigenvalue weighted by Gasteiger charge is 2.51. The molecule has 1 N–H and O–H groups in total. The number of aromatic nitrogens is 1. The summed E-state index contributed by atoms with van der Waals surface area (Å²) in [5.41, 5.74) is 0.960. The smallest absolute Gasteiger partial charge is 0.254 e. The lowest BCUT2D eigenvalue weighted by molar-refractivity contribution is -0.146. The molecule has 5 rings (SSSR count). The van der Waals surface area contributed by atoms with Gasteiger partial charge in [0.05, 0.1) is 0 Å². The number of halogens is 1. The average Bonchev–Trinajstić information content (AvgIpc) is 3.38. The SMILES string of the molecule is CC1CN(C(=O)c2ccc(-c3nc4ccc(F)cc4o3)cc2)CCN1C(=O)C1(O)CC1. The quantitative estimate of drug-likeness (QED) is 0.700. The van der Waals surface area contributed by atoms with Crippen molar-refractivity contribution < 1.29 is 23.5 Å². The number of oxazole rings is 1. The Morgan fingerprint density at radius 1 is 1.16 bits per heavy atom. The van der Waals surface area contributed by atoms with Gasteiger partial charge in [-0.1, -0.05) is 0 Å². The molecule has 0 radical (unpaired) electrons. The zero-order valence-corrected chi connectivity index (χ0v) is 17.0. The van der Waals surface area contributed by atoms with E-state index >= 15 is 0 Å². The number of aliphatic hydroxyl groups is 1. The van der Waals surface area contributed by atoms with Gasteiger partial charge in [-0.25, -0.2) is 9.37 Å².